The molecule has 7 heteroatoms. The smallest absolute Gasteiger partial charge is 0.248 e. The van der Waals surface area contributed by atoms with Crippen LogP contribution in [0, 0.1) is 6.92 Å². The molecule has 2 aromatic carbocycles. The van der Waals surface area contributed by atoms with E-state index in [1.165, 1.54) is 0 Å². The maximum Gasteiger partial charge on any atom is 0.248 e. The summed E-state index contributed by atoms with van der Waals surface area (Å²) < 4.78 is 17.4. The van der Waals surface area contributed by atoms with Gasteiger partial charge in [-0.2, -0.15) is 0 Å². The lowest BCUT2D eigenvalue weighted by atomic mass is 10.0. The molecule has 1 aliphatic rings. The Labute approximate surface area is 186 Å². The van der Waals surface area contributed by atoms with Crippen molar-refractivity contribution >= 4 is 11.7 Å². The number of carbonyl (C=O) groups is 2. The first kappa shape index (κ1) is 21.4. The Morgan fingerprint density at radius 3 is 2.78 bits per heavy atom. The molecule has 3 aromatic rings. The maximum absolute atomic E-state index is 12.1. The number of nitrogens with zero attached hydrogens (tertiary/aromatic N) is 1. The molecular weight excluding hydrogens is 408 g/mol. The monoisotopic (exact) mass is 432 g/mol. The van der Waals surface area contributed by atoms with Crippen molar-refractivity contribution in [3.8, 4) is 23.1 Å². The van der Waals surface area contributed by atoms with Crippen molar-refractivity contribution < 1.29 is 23.8 Å². The van der Waals surface area contributed by atoms with Gasteiger partial charge >= 0.3 is 0 Å². The van der Waals surface area contributed by atoms with E-state index < -0.39 is 5.91 Å². The SMILES string of the molecule is CCOc1cc(C(N)=O)ccc1Cc1ccnc(Oc2ccc3c(c2C)OCCC3=O)c1. The number of ketones is 1. The Bertz CT molecular complexity index is 1190. The van der Waals surface area contributed by atoms with Crippen molar-refractivity contribution in [2.75, 3.05) is 13.2 Å². The van der Waals surface area contributed by atoms with Gasteiger partial charge in [-0.1, -0.05) is 6.07 Å². The minimum atomic E-state index is -0.497. The predicted molar refractivity (Wildman–Crippen MR) is 119 cm³/mol. The highest BCUT2D eigenvalue weighted by Crippen LogP contribution is 2.36. The van der Waals surface area contributed by atoms with Crippen LogP contribution in [0.2, 0.25) is 0 Å². The summed E-state index contributed by atoms with van der Waals surface area (Å²) in [5.74, 6) is 1.79. The highest BCUT2D eigenvalue weighted by molar-refractivity contribution is 6.00. The molecular formula is C25H24N2O5. The molecule has 1 amide bonds. The molecule has 0 unspecified atom stereocenters. The lowest BCUT2D eigenvalue weighted by Crippen LogP contribution is -2.16. The molecule has 1 aliphatic heterocycles. The topological polar surface area (TPSA) is 101 Å². The van der Waals surface area contributed by atoms with Gasteiger partial charge in [-0.3, -0.25) is 9.59 Å². The van der Waals surface area contributed by atoms with Crippen molar-refractivity contribution in [1.29, 1.82) is 0 Å². The van der Waals surface area contributed by atoms with Crippen LogP contribution in [0.5, 0.6) is 23.1 Å². The first-order valence-corrected chi connectivity index (χ1v) is 10.4. The molecule has 7 nitrogen and oxygen atoms in total. The van der Waals surface area contributed by atoms with E-state index >= 15 is 0 Å². The van der Waals surface area contributed by atoms with Gasteiger partial charge in [0.25, 0.3) is 0 Å². The average Bonchev–Trinajstić information content (AvgIpc) is 2.78. The molecule has 0 bridgehead atoms. The summed E-state index contributed by atoms with van der Waals surface area (Å²) in [6.07, 6.45) is 2.63. The second-order valence-corrected chi connectivity index (χ2v) is 7.49. The summed E-state index contributed by atoms with van der Waals surface area (Å²) in [5, 5.41) is 0. The first-order chi connectivity index (χ1) is 15.5. The van der Waals surface area contributed by atoms with Crippen LogP contribution in [-0.2, 0) is 6.42 Å². The molecule has 0 saturated heterocycles. The summed E-state index contributed by atoms with van der Waals surface area (Å²) in [6.45, 7) is 4.60. The largest absolute Gasteiger partial charge is 0.494 e. The van der Waals surface area contributed by atoms with E-state index in [0.29, 0.717) is 60.3 Å². The second kappa shape index (κ2) is 9.09. The summed E-state index contributed by atoms with van der Waals surface area (Å²) in [7, 11) is 0. The summed E-state index contributed by atoms with van der Waals surface area (Å²) >= 11 is 0. The van der Waals surface area contributed by atoms with Gasteiger partial charge < -0.3 is 19.9 Å². The van der Waals surface area contributed by atoms with Gasteiger partial charge in [0.05, 0.1) is 18.8 Å². The molecule has 4 rings (SSSR count). The zero-order valence-electron chi connectivity index (χ0n) is 18.0. The number of benzene rings is 2. The van der Waals surface area contributed by atoms with Crippen molar-refractivity contribution in [2.45, 2.75) is 26.7 Å². The fraction of sp³-hybridized carbons (Fsp3) is 0.240. The number of hydrogen-bond donors (Lipinski definition) is 1. The normalized spacial score (nSPS) is 12.6. The molecule has 2 heterocycles. The Kier molecular flexibility index (Phi) is 6.07. The number of rotatable bonds is 7. The molecule has 0 radical (unpaired) electrons. The summed E-state index contributed by atoms with van der Waals surface area (Å²) in [6, 6.07) is 12.4. The van der Waals surface area contributed by atoms with Crippen molar-refractivity contribution in [3.63, 3.8) is 0 Å². The number of aromatic nitrogens is 1. The van der Waals surface area contributed by atoms with E-state index in [1.807, 2.05) is 32.0 Å². The highest BCUT2D eigenvalue weighted by atomic mass is 16.5. The molecule has 0 aliphatic carbocycles. The molecule has 32 heavy (non-hydrogen) atoms. The van der Waals surface area contributed by atoms with Gasteiger partial charge in [-0.15, -0.1) is 0 Å². The van der Waals surface area contributed by atoms with Gasteiger partial charge in [0.15, 0.2) is 5.78 Å². The molecule has 1 aromatic heterocycles. The van der Waals surface area contributed by atoms with Crippen LogP contribution in [0.25, 0.3) is 0 Å². The summed E-state index contributed by atoms with van der Waals surface area (Å²) in [5.41, 5.74) is 9.03. The standard InChI is InChI=1S/C25H24N2O5/c1-3-30-22-14-18(25(26)29)5-4-17(22)12-16-8-10-27-23(13-16)32-21-7-6-19-20(28)9-11-31-24(19)15(21)2/h4-8,10,13-14H,3,9,11-12H2,1-2H3,(H2,26,29). The van der Waals surface area contributed by atoms with Crippen LogP contribution >= 0.6 is 0 Å². The average molecular weight is 432 g/mol. The van der Waals surface area contributed by atoms with Crippen molar-refractivity contribution in [2.24, 2.45) is 5.73 Å². The Hall–Kier alpha value is -3.87. The quantitative estimate of drug-likeness (QED) is 0.599. The third-order valence-corrected chi connectivity index (χ3v) is 5.29. The number of amides is 1. The molecule has 0 atom stereocenters. The molecule has 0 saturated carbocycles. The third-order valence-electron chi connectivity index (χ3n) is 5.29. The van der Waals surface area contributed by atoms with Crippen LogP contribution < -0.4 is 19.9 Å². The van der Waals surface area contributed by atoms with Gasteiger partial charge in [-0.05, 0) is 55.3 Å². The summed E-state index contributed by atoms with van der Waals surface area (Å²) in [4.78, 5) is 27.9. The highest BCUT2D eigenvalue weighted by Gasteiger charge is 2.22. The number of carbonyl (C=O) groups excluding carboxylic acids is 2. The van der Waals surface area contributed by atoms with E-state index in [-0.39, 0.29) is 5.78 Å². The zero-order valence-corrected chi connectivity index (χ0v) is 18.0. The van der Waals surface area contributed by atoms with E-state index in [1.54, 1.807) is 30.5 Å². The zero-order chi connectivity index (χ0) is 22.7. The number of pyridine rings is 1. The van der Waals surface area contributed by atoms with E-state index in [4.69, 9.17) is 19.9 Å². The minimum absolute atomic E-state index is 0.0773. The third kappa shape index (κ3) is 4.42. The fourth-order valence-electron chi connectivity index (χ4n) is 3.66. The van der Waals surface area contributed by atoms with Crippen molar-refractivity contribution in [1.82, 2.24) is 4.98 Å². The maximum atomic E-state index is 12.1. The van der Waals surface area contributed by atoms with Gasteiger partial charge in [0, 0.05) is 36.2 Å². The lowest BCUT2D eigenvalue weighted by molar-refractivity contribution is 0.0931. The molecule has 0 fully saturated rings. The van der Waals surface area contributed by atoms with E-state index in [2.05, 4.69) is 4.98 Å². The van der Waals surface area contributed by atoms with Crippen LogP contribution in [-0.4, -0.2) is 29.9 Å². The number of ether oxygens (including phenoxy) is 3. The first-order valence-electron chi connectivity index (χ1n) is 10.4. The van der Waals surface area contributed by atoms with Gasteiger partial charge in [0.1, 0.15) is 17.2 Å². The number of fused-ring (bicyclic) bond motifs is 1. The number of nitrogens with two attached hydrogens (primary N) is 1. The second-order valence-electron chi connectivity index (χ2n) is 7.49. The van der Waals surface area contributed by atoms with Crippen LogP contribution in [0.1, 0.15) is 50.8 Å². The van der Waals surface area contributed by atoms with E-state index in [0.717, 1.165) is 16.7 Å². The number of hydrogen-bond acceptors (Lipinski definition) is 6. The van der Waals surface area contributed by atoms with Crippen LogP contribution in [0.4, 0.5) is 0 Å². The molecule has 0 spiro atoms. The predicted octanol–water partition coefficient (Wildman–Crippen LogP) is 4.24. The Morgan fingerprint density at radius 1 is 1.16 bits per heavy atom. The van der Waals surface area contributed by atoms with Crippen molar-refractivity contribution in [3.05, 3.63) is 76.5 Å². The van der Waals surface area contributed by atoms with Gasteiger partial charge in [0.2, 0.25) is 11.8 Å². The lowest BCUT2D eigenvalue weighted by Gasteiger charge is -2.20. The van der Waals surface area contributed by atoms with Crippen LogP contribution in [0.15, 0.2) is 48.7 Å². The Morgan fingerprint density at radius 2 is 2.00 bits per heavy atom. The number of Topliss-reactive ketones (excluding diaryl/α,β-unsaturated/α-hetero) is 1. The molecule has 164 valence electrons. The fourth-order valence-corrected chi connectivity index (χ4v) is 3.66. The Balaban J connectivity index is 1.58. The van der Waals surface area contributed by atoms with Gasteiger partial charge in [-0.25, -0.2) is 4.98 Å². The van der Waals surface area contributed by atoms with E-state index in [9.17, 15) is 9.59 Å². The molecule has 2 N–H and O–H groups in total. The number of primary amides is 1. The van der Waals surface area contributed by atoms with Crippen LogP contribution in [0.3, 0.4) is 0 Å². The minimum Gasteiger partial charge on any atom is -0.494 e.